The second-order valence-corrected chi connectivity index (χ2v) is 3.79. The minimum absolute atomic E-state index is 0.457. The van der Waals surface area contributed by atoms with Crippen molar-refractivity contribution in [1.29, 1.82) is 0 Å². The van der Waals surface area contributed by atoms with E-state index in [1.54, 1.807) is 24.4 Å². The minimum atomic E-state index is -4.69. The largest absolute Gasteiger partial charge is 0.366 e. The topological polar surface area (TPSA) is 158 Å². The van der Waals surface area contributed by atoms with E-state index >= 15 is 0 Å². The molecular formula is C9H8ClN3O5. The standard InChI is InChI=1S/C9H7N3O.ClHO4/c10-8(13)6-3-5-12-9-7(6)2-1-4-11-9;2-1(3,4)5/h1-5H,(H2,10,13);(H,2,3,4,5). The quantitative estimate of drug-likeness (QED) is 0.548. The Morgan fingerprint density at radius 1 is 1.22 bits per heavy atom. The van der Waals surface area contributed by atoms with Gasteiger partial charge in [-0.1, -0.05) is 0 Å². The van der Waals surface area contributed by atoms with Crippen LogP contribution in [0.2, 0.25) is 0 Å². The first-order valence-electron chi connectivity index (χ1n) is 4.42. The Hall–Kier alpha value is -1.84. The van der Waals surface area contributed by atoms with Crippen LogP contribution >= 0.6 is 0 Å². The summed E-state index contributed by atoms with van der Waals surface area (Å²) in [5.74, 6) is -0.458. The van der Waals surface area contributed by atoms with E-state index < -0.39 is 16.2 Å². The van der Waals surface area contributed by atoms with Crippen LogP contribution in [-0.2, 0) is 0 Å². The van der Waals surface area contributed by atoms with Crippen LogP contribution < -0.4 is 19.7 Å². The third-order valence-electron chi connectivity index (χ3n) is 1.78. The van der Waals surface area contributed by atoms with E-state index in [-0.39, 0.29) is 0 Å². The summed E-state index contributed by atoms with van der Waals surface area (Å²) in [6.45, 7) is 0. The maximum absolute atomic E-state index is 11.0. The van der Waals surface area contributed by atoms with Crippen molar-refractivity contribution < 1.29 is 33.7 Å². The van der Waals surface area contributed by atoms with Crippen molar-refractivity contribution in [3.05, 3.63) is 36.2 Å². The molecule has 0 spiro atoms. The summed E-state index contributed by atoms with van der Waals surface area (Å²) < 4.78 is 32.7. The van der Waals surface area contributed by atoms with Crippen LogP contribution in [0.3, 0.4) is 0 Å². The number of nitrogens with zero attached hydrogens (tertiary/aromatic N) is 2. The molecule has 18 heavy (non-hydrogen) atoms. The molecule has 2 rings (SSSR count). The van der Waals surface area contributed by atoms with Crippen LogP contribution in [0.5, 0.6) is 0 Å². The summed E-state index contributed by atoms with van der Waals surface area (Å²) >= 11 is 0. The molecule has 0 aliphatic heterocycles. The molecule has 0 fully saturated rings. The van der Waals surface area contributed by atoms with Gasteiger partial charge in [-0.15, -0.1) is 0 Å². The number of fused-ring (bicyclic) bond motifs is 1. The third kappa shape index (κ3) is 4.57. The zero-order valence-electron chi connectivity index (χ0n) is 8.82. The molecule has 1 amide bonds. The number of carbonyl (C=O) groups is 1. The van der Waals surface area contributed by atoms with Gasteiger partial charge in [-0.25, -0.2) is 9.97 Å². The summed E-state index contributed by atoms with van der Waals surface area (Å²) in [5, 5.41) is 0.692. The lowest BCUT2D eigenvalue weighted by atomic mass is 10.1. The van der Waals surface area contributed by atoms with Crippen LogP contribution in [0, 0.1) is 10.2 Å². The molecule has 0 radical (unpaired) electrons. The lowest BCUT2D eigenvalue weighted by molar-refractivity contribution is -1.92. The SMILES string of the molecule is NC(=O)c1ccnc2ncccc12.[O-][Cl+3]([O-])([O-])O. The first-order valence-corrected chi connectivity index (χ1v) is 5.68. The van der Waals surface area contributed by atoms with Crippen LogP contribution in [0.25, 0.3) is 11.0 Å². The summed E-state index contributed by atoms with van der Waals surface area (Å²) in [4.78, 5) is 19.0. The van der Waals surface area contributed by atoms with Crippen molar-refractivity contribution in [1.82, 2.24) is 9.97 Å². The van der Waals surface area contributed by atoms with E-state index in [4.69, 9.17) is 24.4 Å². The van der Waals surface area contributed by atoms with E-state index in [0.29, 0.717) is 16.6 Å². The molecule has 0 atom stereocenters. The van der Waals surface area contributed by atoms with Gasteiger partial charge in [0, 0.05) is 17.8 Å². The number of pyridine rings is 2. The fraction of sp³-hybridized carbons (Fsp3) is 0. The van der Waals surface area contributed by atoms with Gasteiger partial charge in [0.2, 0.25) is 5.91 Å². The molecule has 0 aliphatic rings. The number of primary amides is 1. The number of hydrogen-bond acceptors (Lipinski definition) is 7. The van der Waals surface area contributed by atoms with Gasteiger partial charge >= 0.3 is 0 Å². The third-order valence-corrected chi connectivity index (χ3v) is 1.78. The number of rotatable bonds is 1. The smallest absolute Gasteiger partial charge is 0.249 e. The Bertz CT molecular complexity index is 546. The molecule has 0 bridgehead atoms. The highest BCUT2D eigenvalue weighted by atomic mass is 35.7. The monoisotopic (exact) mass is 273 g/mol. The van der Waals surface area contributed by atoms with E-state index in [1.165, 1.54) is 6.20 Å². The lowest BCUT2D eigenvalue weighted by Gasteiger charge is -2.03. The van der Waals surface area contributed by atoms with Crippen LogP contribution in [0.15, 0.2) is 30.6 Å². The number of aromatic nitrogens is 2. The summed E-state index contributed by atoms with van der Waals surface area (Å²) in [6, 6.07) is 5.11. The van der Waals surface area contributed by atoms with E-state index in [9.17, 15) is 4.79 Å². The van der Waals surface area contributed by atoms with Gasteiger partial charge in [0.25, 0.3) is 0 Å². The van der Waals surface area contributed by atoms with Gasteiger partial charge in [-0.05, 0) is 18.2 Å². The summed E-state index contributed by atoms with van der Waals surface area (Å²) in [6.07, 6.45) is 3.15. The Morgan fingerprint density at radius 2 is 1.78 bits per heavy atom. The average Bonchev–Trinajstić information content (AvgIpc) is 2.26. The van der Waals surface area contributed by atoms with Gasteiger partial charge in [-0.3, -0.25) is 4.79 Å². The van der Waals surface area contributed by atoms with E-state index in [0.717, 1.165) is 0 Å². The van der Waals surface area contributed by atoms with Gasteiger partial charge < -0.3 is 5.73 Å². The molecule has 0 saturated carbocycles. The first kappa shape index (κ1) is 14.2. The van der Waals surface area contributed by atoms with Gasteiger partial charge in [0.1, 0.15) is 0 Å². The van der Waals surface area contributed by atoms with E-state index in [1.807, 2.05) is 0 Å². The van der Waals surface area contributed by atoms with Crippen molar-refractivity contribution in [3.8, 4) is 0 Å². The highest BCUT2D eigenvalue weighted by Crippen LogP contribution is 2.12. The molecule has 2 heterocycles. The molecule has 2 aromatic rings. The normalized spacial score (nSPS) is 10.7. The number of hydrogen-bond donors (Lipinski definition) is 2. The molecule has 9 heteroatoms. The van der Waals surface area contributed by atoms with Crippen molar-refractivity contribution in [2.75, 3.05) is 0 Å². The number of amides is 1. The fourth-order valence-corrected chi connectivity index (χ4v) is 1.20. The highest BCUT2D eigenvalue weighted by Gasteiger charge is 2.05. The van der Waals surface area contributed by atoms with Gasteiger partial charge in [0.15, 0.2) is 5.65 Å². The molecule has 2 aromatic heterocycles. The molecule has 0 aliphatic carbocycles. The minimum Gasteiger partial charge on any atom is -0.366 e. The second-order valence-electron chi connectivity index (χ2n) is 2.99. The molecule has 0 saturated heterocycles. The lowest BCUT2D eigenvalue weighted by Crippen LogP contribution is -2.58. The van der Waals surface area contributed by atoms with Gasteiger partial charge in [-0.2, -0.15) is 14.0 Å². The predicted molar refractivity (Wildman–Crippen MR) is 50.3 cm³/mol. The van der Waals surface area contributed by atoms with Gasteiger partial charge in [0.05, 0.1) is 20.5 Å². The maximum atomic E-state index is 11.0. The number of halogens is 1. The second kappa shape index (κ2) is 5.67. The molecular weight excluding hydrogens is 266 g/mol. The van der Waals surface area contributed by atoms with Crippen LogP contribution in [-0.4, -0.2) is 20.5 Å². The Labute approximate surface area is 103 Å². The Balaban J connectivity index is 0.000000280. The Morgan fingerprint density at radius 3 is 2.33 bits per heavy atom. The summed E-state index contributed by atoms with van der Waals surface area (Å²) in [5.41, 5.74) is 6.18. The summed E-state index contributed by atoms with van der Waals surface area (Å²) in [7, 11) is -4.69. The van der Waals surface area contributed by atoms with Crippen LogP contribution in [0.4, 0.5) is 0 Å². The zero-order chi connectivity index (χ0) is 13.8. The van der Waals surface area contributed by atoms with Crippen molar-refractivity contribution in [3.63, 3.8) is 0 Å². The molecule has 3 N–H and O–H groups in total. The zero-order valence-corrected chi connectivity index (χ0v) is 9.57. The maximum Gasteiger partial charge on any atom is 0.249 e. The fourth-order valence-electron chi connectivity index (χ4n) is 1.20. The Kier molecular flexibility index (Phi) is 4.48. The predicted octanol–water partition coefficient (Wildman–Crippen LogP) is -3.40. The first-order chi connectivity index (χ1) is 8.29. The number of carbonyl (C=O) groups excluding carboxylic acids is 1. The molecule has 0 aromatic carbocycles. The highest BCUT2D eigenvalue weighted by molar-refractivity contribution is 6.04. The molecule has 96 valence electrons. The van der Waals surface area contributed by atoms with Crippen LogP contribution in [0.1, 0.15) is 10.4 Å². The average molecular weight is 274 g/mol. The number of nitrogens with two attached hydrogens (primary N) is 1. The van der Waals surface area contributed by atoms with Crippen molar-refractivity contribution in [2.45, 2.75) is 0 Å². The van der Waals surface area contributed by atoms with Crippen molar-refractivity contribution >= 4 is 16.9 Å². The van der Waals surface area contributed by atoms with E-state index in [2.05, 4.69) is 9.97 Å². The molecule has 0 unspecified atom stereocenters. The molecule has 8 nitrogen and oxygen atoms in total. The van der Waals surface area contributed by atoms with Crippen molar-refractivity contribution in [2.24, 2.45) is 5.73 Å².